The number of rotatable bonds is 5. The lowest BCUT2D eigenvalue weighted by atomic mass is 10.0. The van der Waals surface area contributed by atoms with Crippen molar-refractivity contribution in [3.8, 4) is 0 Å². The van der Waals surface area contributed by atoms with Crippen LogP contribution in [-0.4, -0.2) is 42.2 Å². The Kier molecular flexibility index (Phi) is 5.23. The second-order valence-corrected chi connectivity index (χ2v) is 9.65. The van der Waals surface area contributed by atoms with E-state index in [-0.39, 0.29) is 16.6 Å². The number of imidazole rings is 1. The smallest absolute Gasteiger partial charge is 0.293 e. The predicted molar refractivity (Wildman–Crippen MR) is 116 cm³/mol. The normalized spacial score (nSPS) is 15.6. The third kappa shape index (κ3) is 3.65. The topological polar surface area (TPSA) is 98.3 Å². The molecule has 1 saturated heterocycles. The van der Waals surface area contributed by atoms with Crippen LogP contribution in [0.25, 0.3) is 11.0 Å². The quantitative estimate of drug-likeness (QED) is 0.453. The highest BCUT2D eigenvalue weighted by Gasteiger charge is 2.28. The number of aromatic nitrogens is 2. The van der Waals surface area contributed by atoms with Crippen molar-refractivity contribution in [1.29, 1.82) is 0 Å². The molecule has 4 rings (SSSR count). The Morgan fingerprint density at radius 2 is 1.87 bits per heavy atom. The van der Waals surface area contributed by atoms with E-state index in [2.05, 4.69) is 17.6 Å². The second-order valence-electron chi connectivity index (χ2n) is 7.64. The zero-order valence-corrected chi connectivity index (χ0v) is 17.8. The number of anilines is 1. The number of nitro groups is 1. The maximum atomic E-state index is 11.8. The lowest BCUT2D eigenvalue weighted by Crippen LogP contribution is -2.35. The molecule has 0 bridgehead atoms. The van der Waals surface area contributed by atoms with Crippen LogP contribution >= 0.6 is 0 Å². The molecule has 2 heterocycles. The summed E-state index contributed by atoms with van der Waals surface area (Å²) in [5.41, 5.74) is 2.41. The van der Waals surface area contributed by atoms with Gasteiger partial charge in [-0.3, -0.25) is 10.1 Å². The van der Waals surface area contributed by atoms with Crippen LogP contribution in [0.3, 0.4) is 0 Å². The lowest BCUT2D eigenvalue weighted by Gasteiger charge is -2.34. The molecule has 1 aromatic heterocycles. The minimum absolute atomic E-state index is 0.0368. The maximum Gasteiger partial charge on any atom is 0.293 e. The average molecular weight is 429 g/mol. The Hall–Kier alpha value is -2.94. The first-order valence-electron chi connectivity index (χ1n) is 9.99. The summed E-state index contributed by atoms with van der Waals surface area (Å²) in [4.78, 5) is 17.8. The zero-order chi connectivity index (χ0) is 21.5. The standard InChI is InChI=1S/C21H24N4O4S/c1-3-21-22-17-6-4-5-7-18(17)24(21)15-10-12-23(13-11-15)19-9-8-16(30(2,28)29)14-20(19)25(26)27/h4-9,14-15H,3,10-13H2,1-2H3. The molecule has 0 unspecified atom stereocenters. The number of sulfone groups is 1. The number of nitrogens with zero attached hydrogens (tertiary/aromatic N) is 4. The fourth-order valence-corrected chi connectivity index (χ4v) is 4.90. The van der Waals surface area contributed by atoms with Crippen LogP contribution in [0.2, 0.25) is 0 Å². The summed E-state index contributed by atoms with van der Waals surface area (Å²) >= 11 is 0. The Morgan fingerprint density at radius 1 is 1.17 bits per heavy atom. The van der Waals surface area contributed by atoms with E-state index in [1.54, 1.807) is 6.07 Å². The second kappa shape index (κ2) is 7.71. The van der Waals surface area contributed by atoms with E-state index in [9.17, 15) is 18.5 Å². The van der Waals surface area contributed by atoms with Gasteiger partial charge in [-0.05, 0) is 37.1 Å². The van der Waals surface area contributed by atoms with Crippen LogP contribution in [-0.2, 0) is 16.3 Å². The van der Waals surface area contributed by atoms with Gasteiger partial charge in [0.25, 0.3) is 5.69 Å². The molecule has 0 atom stereocenters. The van der Waals surface area contributed by atoms with Gasteiger partial charge in [-0.1, -0.05) is 19.1 Å². The maximum absolute atomic E-state index is 11.8. The highest BCUT2D eigenvalue weighted by atomic mass is 32.2. The van der Waals surface area contributed by atoms with Crippen molar-refractivity contribution in [2.45, 2.75) is 37.1 Å². The molecule has 0 saturated carbocycles. The lowest BCUT2D eigenvalue weighted by molar-refractivity contribution is -0.384. The Labute approximate surface area is 175 Å². The fourth-order valence-electron chi connectivity index (χ4n) is 4.26. The summed E-state index contributed by atoms with van der Waals surface area (Å²) in [6.45, 7) is 3.40. The number of para-hydroxylation sites is 2. The van der Waals surface area contributed by atoms with Crippen molar-refractivity contribution in [3.05, 3.63) is 58.4 Å². The molecule has 1 aliphatic rings. The van der Waals surface area contributed by atoms with Gasteiger partial charge >= 0.3 is 0 Å². The summed E-state index contributed by atoms with van der Waals surface area (Å²) in [7, 11) is -3.51. The van der Waals surface area contributed by atoms with Gasteiger partial charge in [-0.2, -0.15) is 0 Å². The van der Waals surface area contributed by atoms with Gasteiger partial charge in [-0.25, -0.2) is 13.4 Å². The SMILES string of the molecule is CCc1nc2ccccc2n1C1CCN(c2ccc(S(C)(=O)=O)cc2[N+](=O)[O-])CC1. The molecule has 1 aliphatic heterocycles. The molecular formula is C21H24N4O4S. The number of hydrogen-bond donors (Lipinski definition) is 0. The van der Waals surface area contributed by atoms with Gasteiger partial charge in [0.1, 0.15) is 11.5 Å². The van der Waals surface area contributed by atoms with Crippen molar-refractivity contribution in [1.82, 2.24) is 9.55 Å². The van der Waals surface area contributed by atoms with E-state index in [0.717, 1.165) is 48.4 Å². The average Bonchev–Trinajstić information content (AvgIpc) is 3.11. The molecule has 0 radical (unpaired) electrons. The third-order valence-electron chi connectivity index (χ3n) is 5.73. The van der Waals surface area contributed by atoms with E-state index in [0.29, 0.717) is 18.8 Å². The molecule has 0 amide bonds. The van der Waals surface area contributed by atoms with E-state index < -0.39 is 14.8 Å². The van der Waals surface area contributed by atoms with Crippen LogP contribution in [0.5, 0.6) is 0 Å². The highest BCUT2D eigenvalue weighted by molar-refractivity contribution is 7.90. The van der Waals surface area contributed by atoms with E-state index in [4.69, 9.17) is 4.98 Å². The van der Waals surface area contributed by atoms with Crippen molar-refractivity contribution >= 4 is 32.2 Å². The molecule has 8 nitrogen and oxygen atoms in total. The molecule has 1 fully saturated rings. The van der Waals surface area contributed by atoms with Gasteiger partial charge < -0.3 is 9.47 Å². The van der Waals surface area contributed by atoms with Crippen LogP contribution < -0.4 is 4.90 Å². The molecular weight excluding hydrogens is 404 g/mol. The van der Waals surface area contributed by atoms with Crippen molar-refractivity contribution < 1.29 is 13.3 Å². The van der Waals surface area contributed by atoms with E-state index in [1.807, 2.05) is 23.1 Å². The van der Waals surface area contributed by atoms with Gasteiger partial charge in [0.2, 0.25) is 0 Å². The summed E-state index contributed by atoms with van der Waals surface area (Å²) in [5, 5.41) is 11.6. The predicted octanol–water partition coefficient (Wildman–Crippen LogP) is 3.75. The minimum atomic E-state index is -3.51. The number of piperidine rings is 1. The van der Waals surface area contributed by atoms with Gasteiger partial charge in [0.15, 0.2) is 9.84 Å². The Bertz CT molecular complexity index is 1210. The van der Waals surface area contributed by atoms with Gasteiger partial charge in [0, 0.05) is 37.9 Å². The van der Waals surface area contributed by atoms with Crippen molar-refractivity contribution in [3.63, 3.8) is 0 Å². The Morgan fingerprint density at radius 3 is 2.50 bits per heavy atom. The van der Waals surface area contributed by atoms with Crippen LogP contribution in [0.4, 0.5) is 11.4 Å². The number of benzene rings is 2. The van der Waals surface area contributed by atoms with Crippen molar-refractivity contribution in [2.24, 2.45) is 0 Å². The monoisotopic (exact) mass is 428 g/mol. The summed E-state index contributed by atoms with van der Waals surface area (Å²) < 4.78 is 25.9. The van der Waals surface area contributed by atoms with Crippen LogP contribution in [0.1, 0.15) is 31.6 Å². The summed E-state index contributed by atoms with van der Waals surface area (Å²) in [5.74, 6) is 1.05. The molecule has 2 aromatic carbocycles. The fraction of sp³-hybridized carbons (Fsp3) is 0.381. The summed E-state index contributed by atoms with van der Waals surface area (Å²) in [6, 6.07) is 12.5. The first-order valence-corrected chi connectivity index (χ1v) is 11.9. The molecule has 3 aromatic rings. The van der Waals surface area contributed by atoms with Crippen LogP contribution in [0, 0.1) is 10.1 Å². The largest absolute Gasteiger partial charge is 0.366 e. The number of hydrogen-bond acceptors (Lipinski definition) is 6. The first-order chi connectivity index (χ1) is 14.3. The Balaban J connectivity index is 1.61. The van der Waals surface area contributed by atoms with Gasteiger partial charge in [-0.15, -0.1) is 0 Å². The number of fused-ring (bicyclic) bond motifs is 1. The zero-order valence-electron chi connectivity index (χ0n) is 17.0. The molecule has 0 N–H and O–H groups in total. The first kappa shape index (κ1) is 20.3. The minimum Gasteiger partial charge on any atom is -0.366 e. The van der Waals surface area contributed by atoms with E-state index >= 15 is 0 Å². The highest BCUT2D eigenvalue weighted by Crippen LogP contribution is 2.36. The summed E-state index contributed by atoms with van der Waals surface area (Å²) in [6.07, 6.45) is 3.56. The molecule has 30 heavy (non-hydrogen) atoms. The third-order valence-corrected chi connectivity index (χ3v) is 6.84. The number of nitro benzene ring substituents is 1. The number of aryl methyl sites for hydroxylation is 1. The molecule has 158 valence electrons. The molecule has 9 heteroatoms. The van der Waals surface area contributed by atoms with E-state index in [1.165, 1.54) is 6.07 Å². The van der Waals surface area contributed by atoms with Crippen molar-refractivity contribution in [2.75, 3.05) is 24.2 Å². The molecule has 0 spiro atoms. The molecule has 0 aliphatic carbocycles. The van der Waals surface area contributed by atoms with Gasteiger partial charge in [0.05, 0.1) is 20.9 Å². The van der Waals surface area contributed by atoms with Crippen LogP contribution in [0.15, 0.2) is 47.4 Å².